The molecule has 2 bridgehead atoms. The zero-order chi connectivity index (χ0) is 18.1. The van der Waals surface area contributed by atoms with E-state index in [0.29, 0.717) is 35.0 Å². The van der Waals surface area contributed by atoms with Crippen molar-refractivity contribution in [1.29, 1.82) is 5.26 Å². The highest BCUT2D eigenvalue weighted by Gasteiger charge is 2.40. The van der Waals surface area contributed by atoms with Gasteiger partial charge in [-0.05, 0) is 49.1 Å². The minimum atomic E-state index is -0.281. The molecule has 134 valence electrons. The van der Waals surface area contributed by atoms with Crippen LogP contribution < -0.4 is 5.56 Å². The van der Waals surface area contributed by atoms with Gasteiger partial charge in [-0.3, -0.25) is 14.2 Å². The van der Waals surface area contributed by atoms with Gasteiger partial charge in [0.25, 0.3) is 5.56 Å². The second-order valence-electron chi connectivity index (χ2n) is 7.39. The fraction of sp³-hybridized carbons (Fsp3) is 0.500. The van der Waals surface area contributed by atoms with Crippen LogP contribution in [0.5, 0.6) is 0 Å². The molecule has 0 radical (unpaired) electrons. The van der Waals surface area contributed by atoms with E-state index in [1.807, 2.05) is 6.07 Å². The third-order valence-electron chi connectivity index (χ3n) is 5.85. The van der Waals surface area contributed by atoms with E-state index >= 15 is 0 Å². The maximum absolute atomic E-state index is 12.6. The van der Waals surface area contributed by atoms with E-state index in [0.717, 1.165) is 12.3 Å². The van der Waals surface area contributed by atoms with Gasteiger partial charge in [0.2, 0.25) is 0 Å². The number of ether oxygens (including phenoxy) is 1. The van der Waals surface area contributed by atoms with Gasteiger partial charge in [0.05, 0.1) is 17.0 Å². The lowest BCUT2D eigenvalue weighted by Gasteiger charge is -2.20. The van der Waals surface area contributed by atoms with Crippen LogP contribution in [0.2, 0.25) is 0 Å². The lowest BCUT2D eigenvalue weighted by molar-refractivity contribution is -0.146. The van der Waals surface area contributed by atoms with Gasteiger partial charge in [-0.2, -0.15) is 5.26 Å². The topological polar surface area (TPSA) is 85.0 Å². The molecule has 1 heterocycles. The molecule has 0 N–H and O–H groups in total. The van der Waals surface area contributed by atoms with E-state index in [4.69, 9.17) is 10.00 Å². The molecule has 6 nitrogen and oxygen atoms in total. The molecule has 2 aliphatic carbocycles. The van der Waals surface area contributed by atoms with Crippen molar-refractivity contribution in [2.75, 3.05) is 0 Å². The number of carbonyl (C=O) groups excluding carboxylic acids is 1. The van der Waals surface area contributed by atoms with Crippen molar-refractivity contribution in [3.8, 4) is 6.07 Å². The molecule has 3 atom stereocenters. The van der Waals surface area contributed by atoms with Crippen molar-refractivity contribution in [2.45, 2.75) is 45.3 Å². The average Bonchev–Trinajstić information content (AvgIpc) is 3.26. The first kappa shape index (κ1) is 16.8. The van der Waals surface area contributed by atoms with Crippen LogP contribution in [0.4, 0.5) is 0 Å². The molecule has 2 saturated carbocycles. The monoisotopic (exact) mass is 351 g/mol. The van der Waals surface area contributed by atoms with Crippen molar-refractivity contribution < 1.29 is 9.53 Å². The fourth-order valence-corrected chi connectivity index (χ4v) is 4.60. The predicted octanol–water partition coefficient (Wildman–Crippen LogP) is 2.79. The molecule has 0 amide bonds. The number of fused-ring (bicyclic) bond motifs is 3. The number of carbonyl (C=O) groups is 1. The first-order valence-corrected chi connectivity index (χ1v) is 9.16. The summed E-state index contributed by atoms with van der Waals surface area (Å²) in [5.41, 5.74) is 0.266. The highest BCUT2D eigenvalue weighted by molar-refractivity contribution is 5.77. The Labute approximate surface area is 151 Å². The van der Waals surface area contributed by atoms with E-state index < -0.39 is 0 Å². The number of aromatic nitrogens is 2. The molecule has 1 aromatic heterocycles. The van der Waals surface area contributed by atoms with Crippen LogP contribution in [0, 0.1) is 29.1 Å². The molecular formula is C20H21N3O3. The molecule has 2 fully saturated rings. The predicted molar refractivity (Wildman–Crippen MR) is 95.0 cm³/mol. The third kappa shape index (κ3) is 3.10. The van der Waals surface area contributed by atoms with Crippen LogP contribution in [-0.2, 0) is 22.7 Å². The smallest absolute Gasteiger partial charge is 0.306 e. The van der Waals surface area contributed by atoms with Gasteiger partial charge in [0.1, 0.15) is 13.2 Å². The minimum Gasteiger partial charge on any atom is -0.457 e. The van der Waals surface area contributed by atoms with E-state index in [-0.39, 0.29) is 24.7 Å². The van der Waals surface area contributed by atoms with Crippen LogP contribution in [0.25, 0.3) is 10.9 Å². The zero-order valence-corrected chi connectivity index (χ0v) is 14.6. The fourth-order valence-electron chi connectivity index (χ4n) is 4.60. The number of para-hydroxylation sites is 1. The highest BCUT2D eigenvalue weighted by Crippen LogP contribution is 2.49. The maximum atomic E-state index is 12.6. The molecule has 2 aliphatic rings. The van der Waals surface area contributed by atoms with Crippen molar-refractivity contribution in [2.24, 2.45) is 17.8 Å². The van der Waals surface area contributed by atoms with Crippen molar-refractivity contribution in [1.82, 2.24) is 9.55 Å². The molecule has 6 heteroatoms. The highest BCUT2D eigenvalue weighted by atomic mass is 16.5. The summed E-state index contributed by atoms with van der Waals surface area (Å²) in [4.78, 5) is 29.3. The van der Waals surface area contributed by atoms with Crippen LogP contribution in [-0.4, -0.2) is 15.5 Å². The van der Waals surface area contributed by atoms with Gasteiger partial charge in [-0.15, -0.1) is 0 Å². The summed E-state index contributed by atoms with van der Waals surface area (Å²) in [6.45, 7) is -0.197. The van der Waals surface area contributed by atoms with Crippen LogP contribution >= 0.6 is 0 Å². The summed E-state index contributed by atoms with van der Waals surface area (Å²) >= 11 is 0. The summed E-state index contributed by atoms with van der Waals surface area (Å²) in [7, 11) is 0. The molecule has 0 spiro atoms. The van der Waals surface area contributed by atoms with Gasteiger partial charge in [-0.25, -0.2) is 4.98 Å². The molecular weight excluding hydrogens is 330 g/mol. The van der Waals surface area contributed by atoms with Crippen molar-refractivity contribution >= 4 is 16.9 Å². The van der Waals surface area contributed by atoms with Gasteiger partial charge in [0, 0.05) is 6.42 Å². The Bertz CT molecular complexity index is 943. The van der Waals surface area contributed by atoms with Crippen molar-refractivity contribution in [3.63, 3.8) is 0 Å². The average molecular weight is 351 g/mol. The van der Waals surface area contributed by atoms with Gasteiger partial charge in [0.15, 0.2) is 5.82 Å². The van der Waals surface area contributed by atoms with Crippen LogP contribution in [0.1, 0.15) is 37.9 Å². The summed E-state index contributed by atoms with van der Waals surface area (Å²) in [5.74, 6) is 1.97. The van der Waals surface area contributed by atoms with Gasteiger partial charge < -0.3 is 4.74 Å². The van der Waals surface area contributed by atoms with E-state index in [1.54, 1.807) is 24.3 Å². The van der Waals surface area contributed by atoms with E-state index in [2.05, 4.69) is 4.98 Å². The number of nitrogens with zero attached hydrogens (tertiary/aromatic N) is 3. The molecule has 0 saturated heterocycles. The number of esters is 1. The largest absolute Gasteiger partial charge is 0.457 e. The van der Waals surface area contributed by atoms with Gasteiger partial charge in [-0.1, -0.05) is 18.6 Å². The Balaban J connectivity index is 1.49. The normalized spacial score (nSPS) is 23.9. The van der Waals surface area contributed by atoms with Crippen LogP contribution in [0.15, 0.2) is 29.1 Å². The minimum absolute atomic E-state index is 0.0819. The first-order chi connectivity index (χ1) is 12.7. The van der Waals surface area contributed by atoms with E-state index in [9.17, 15) is 9.59 Å². The standard InChI is InChI=1S/C20H21N3O3/c21-7-8-23-18(22-17-4-2-1-3-16(17)20(23)25)12-26-19(24)11-15-10-13-5-6-14(15)9-13/h1-4,13-15H,5-6,8-12H2/t13-,14-,15-/m1/s1. The summed E-state index contributed by atoms with van der Waals surface area (Å²) in [6, 6.07) is 8.97. The number of benzene rings is 1. The number of hydrogen-bond acceptors (Lipinski definition) is 5. The Morgan fingerprint density at radius 2 is 2.15 bits per heavy atom. The second kappa shape index (κ2) is 6.91. The number of nitriles is 1. The molecule has 1 aromatic carbocycles. The Morgan fingerprint density at radius 1 is 1.31 bits per heavy atom. The van der Waals surface area contributed by atoms with Crippen molar-refractivity contribution in [3.05, 3.63) is 40.4 Å². The molecule has 0 aliphatic heterocycles. The molecule has 4 rings (SSSR count). The van der Waals surface area contributed by atoms with Gasteiger partial charge >= 0.3 is 5.97 Å². The zero-order valence-electron chi connectivity index (χ0n) is 14.6. The number of hydrogen-bond donors (Lipinski definition) is 0. The maximum Gasteiger partial charge on any atom is 0.306 e. The first-order valence-electron chi connectivity index (χ1n) is 9.16. The SMILES string of the molecule is N#CCn1c(COC(=O)C[C@H]2C[C@@H]3CC[C@@H]2C3)nc2ccccc2c1=O. The molecule has 0 unspecified atom stereocenters. The summed E-state index contributed by atoms with van der Waals surface area (Å²) in [6.07, 6.45) is 5.37. The summed E-state index contributed by atoms with van der Waals surface area (Å²) in [5, 5.41) is 9.48. The Kier molecular flexibility index (Phi) is 4.46. The third-order valence-corrected chi connectivity index (χ3v) is 5.85. The molecule has 2 aromatic rings. The number of rotatable bonds is 5. The Hall–Kier alpha value is -2.68. The lowest BCUT2D eigenvalue weighted by Crippen LogP contribution is -2.26. The van der Waals surface area contributed by atoms with Crippen LogP contribution in [0.3, 0.4) is 0 Å². The summed E-state index contributed by atoms with van der Waals surface area (Å²) < 4.78 is 6.70. The second-order valence-corrected chi connectivity index (χ2v) is 7.39. The Morgan fingerprint density at radius 3 is 2.88 bits per heavy atom. The lowest BCUT2D eigenvalue weighted by atomic mass is 9.86. The van der Waals surface area contributed by atoms with E-state index in [1.165, 1.54) is 23.8 Å². The quantitative estimate of drug-likeness (QED) is 0.773. The molecule has 26 heavy (non-hydrogen) atoms.